The van der Waals surface area contributed by atoms with Crippen LogP contribution >= 0.6 is 11.6 Å². The molecule has 2 aromatic rings. The highest BCUT2D eigenvalue weighted by Gasteiger charge is 2.33. The number of halogens is 2. The van der Waals surface area contributed by atoms with Crippen LogP contribution in [0.25, 0.3) is 0 Å². The molecule has 0 unspecified atom stereocenters. The maximum Gasteiger partial charge on any atom is 0.226 e. The Morgan fingerprint density at radius 2 is 1.93 bits per heavy atom. The molecule has 1 fully saturated rings. The monoisotopic (exact) mass is 400 g/mol. The van der Waals surface area contributed by atoms with E-state index in [4.69, 9.17) is 16.4 Å². The molecule has 1 atom stereocenters. The second-order valence-corrected chi connectivity index (χ2v) is 7.82. The third kappa shape index (κ3) is 4.20. The standard InChI is InChI=1S/C22H22ClFN2O2/c23-20-7-2-1-4-17(20)13-26(22(27)16-5-3-6-16)14-19-12-21(25-28-19)15-8-10-18(24)11-9-15/h1-2,4,7-11,16,19H,3,5-6,12-14H2/t19-/m0/s1. The Morgan fingerprint density at radius 3 is 2.61 bits per heavy atom. The van der Waals surface area contributed by atoms with Gasteiger partial charge in [-0.2, -0.15) is 0 Å². The maximum atomic E-state index is 13.1. The van der Waals surface area contributed by atoms with Crippen molar-refractivity contribution in [1.82, 2.24) is 4.90 Å². The van der Waals surface area contributed by atoms with E-state index in [2.05, 4.69) is 5.16 Å². The summed E-state index contributed by atoms with van der Waals surface area (Å²) in [6.07, 6.45) is 3.37. The largest absolute Gasteiger partial charge is 0.390 e. The molecule has 146 valence electrons. The van der Waals surface area contributed by atoms with E-state index >= 15 is 0 Å². The summed E-state index contributed by atoms with van der Waals surface area (Å²) in [5, 5.41) is 4.82. The van der Waals surface area contributed by atoms with Crippen molar-refractivity contribution in [3.05, 3.63) is 70.5 Å². The fraction of sp³-hybridized carbons (Fsp3) is 0.364. The summed E-state index contributed by atoms with van der Waals surface area (Å²) in [5.41, 5.74) is 2.54. The number of nitrogens with zero attached hydrogens (tertiary/aromatic N) is 2. The van der Waals surface area contributed by atoms with Crippen LogP contribution in [0.5, 0.6) is 0 Å². The molecule has 0 bridgehead atoms. The summed E-state index contributed by atoms with van der Waals surface area (Å²) in [7, 11) is 0. The number of rotatable bonds is 6. The lowest BCUT2D eigenvalue weighted by Crippen LogP contribution is -2.42. The van der Waals surface area contributed by atoms with Crippen molar-refractivity contribution in [2.45, 2.75) is 38.3 Å². The molecule has 0 radical (unpaired) electrons. The van der Waals surface area contributed by atoms with E-state index in [1.54, 1.807) is 12.1 Å². The first-order valence-corrected chi connectivity index (χ1v) is 9.99. The Balaban J connectivity index is 1.44. The van der Waals surface area contributed by atoms with Gasteiger partial charge in [0.15, 0.2) is 6.10 Å². The number of amides is 1. The van der Waals surface area contributed by atoms with Crippen LogP contribution in [0.2, 0.25) is 5.02 Å². The van der Waals surface area contributed by atoms with Gasteiger partial charge in [-0.1, -0.05) is 53.5 Å². The lowest BCUT2D eigenvalue weighted by Gasteiger charge is -2.33. The molecular weight excluding hydrogens is 379 g/mol. The Bertz CT molecular complexity index is 880. The molecule has 4 rings (SSSR count). The highest BCUT2D eigenvalue weighted by atomic mass is 35.5. The fourth-order valence-electron chi connectivity index (χ4n) is 3.56. The zero-order valence-corrected chi connectivity index (χ0v) is 16.2. The Labute approximate surface area is 168 Å². The van der Waals surface area contributed by atoms with E-state index in [0.29, 0.717) is 24.5 Å². The van der Waals surface area contributed by atoms with Gasteiger partial charge in [-0.25, -0.2) is 4.39 Å². The van der Waals surface area contributed by atoms with Crippen molar-refractivity contribution in [3.8, 4) is 0 Å². The molecule has 0 saturated heterocycles. The second kappa shape index (κ2) is 8.31. The summed E-state index contributed by atoms with van der Waals surface area (Å²) >= 11 is 6.31. The normalized spacial score (nSPS) is 18.9. The molecule has 1 heterocycles. The van der Waals surface area contributed by atoms with Crippen molar-refractivity contribution < 1.29 is 14.0 Å². The third-order valence-corrected chi connectivity index (χ3v) is 5.79. The van der Waals surface area contributed by atoms with Gasteiger partial charge in [0.05, 0.1) is 12.3 Å². The van der Waals surface area contributed by atoms with E-state index in [-0.39, 0.29) is 23.7 Å². The summed E-state index contributed by atoms with van der Waals surface area (Å²) in [4.78, 5) is 20.4. The second-order valence-electron chi connectivity index (χ2n) is 7.41. The molecule has 0 aromatic heterocycles. The molecule has 0 spiro atoms. The van der Waals surface area contributed by atoms with Crippen LogP contribution in [0.4, 0.5) is 4.39 Å². The van der Waals surface area contributed by atoms with Crippen LogP contribution in [0, 0.1) is 11.7 Å². The van der Waals surface area contributed by atoms with Crippen LogP contribution in [-0.2, 0) is 16.2 Å². The van der Waals surface area contributed by atoms with Gasteiger partial charge >= 0.3 is 0 Å². The van der Waals surface area contributed by atoms with Gasteiger partial charge in [0.2, 0.25) is 5.91 Å². The fourth-order valence-corrected chi connectivity index (χ4v) is 3.76. The van der Waals surface area contributed by atoms with Gasteiger partial charge in [-0.05, 0) is 42.2 Å². The molecule has 2 aromatic carbocycles. The van der Waals surface area contributed by atoms with Crippen LogP contribution in [-0.4, -0.2) is 29.2 Å². The van der Waals surface area contributed by atoms with Crippen LogP contribution in [0.15, 0.2) is 53.7 Å². The van der Waals surface area contributed by atoms with Gasteiger partial charge in [-0.3, -0.25) is 4.79 Å². The zero-order chi connectivity index (χ0) is 19.5. The highest BCUT2D eigenvalue weighted by Crippen LogP contribution is 2.30. The van der Waals surface area contributed by atoms with E-state index in [0.717, 1.165) is 36.1 Å². The molecule has 0 N–H and O–H groups in total. The molecule has 6 heteroatoms. The van der Waals surface area contributed by atoms with Crippen molar-refractivity contribution in [1.29, 1.82) is 0 Å². The molecule has 4 nitrogen and oxygen atoms in total. The zero-order valence-electron chi connectivity index (χ0n) is 15.5. The van der Waals surface area contributed by atoms with Crippen molar-refractivity contribution in [2.24, 2.45) is 11.1 Å². The Kier molecular flexibility index (Phi) is 5.62. The van der Waals surface area contributed by atoms with Gasteiger partial charge in [0.1, 0.15) is 5.82 Å². The SMILES string of the molecule is O=C(C1CCC1)N(Cc1ccccc1Cl)C[C@@H]1CC(c2ccc(F)cc2)=NO1. The smallest absolute Gasteiger partial charge is 0.226 e. The summed E-state index contributed by atoms with van der Waals surface area (Å²) in [6, 6.07) is 13.8. The number of hydrogen-bond acceptors (Lipinski definition) is 3. The predicted octanol–water partition coefficient (Wildman–Crippen LogP) is 4.80. The van der Waals surface area contributed by atoms with Crippen LogP contribution < -0.4 is 0 Å². The third-order valence-electron chi connectivity index (χ3n) is 5.42. The van der Waals surface area contributed by atoms with E-state index in [9.17, 15) is 9.18 Å². The average molecular weight is 401 g/mol. The summed E-state index contributed by atoms with van der Waals surface area (Å²) in [5.74, 6) is -0.0248. The first kappa shape index (κ1) is 18.9. The maximum absolute atomic E-state index is 13.1. The first-order valence-electron chi connectivity index (χ1n) is 9.61. The molecule has 28 heavy (non-hydrogen) atoms. The number of hydrogen-bond donors (Lipinski definition) is 0. The van der Waals surface area contributed by atoms with E-state index < -0.39 is 0 Å². The lowest BCUT2D eigenvalue weighted by molar-refractivity contribution is -0.140. The molecule has 1 aliphatic carbocycles. The van der Waals surface area contributed by atoms with Crippen LogP contribution in [0.1, 0.15) is 36.8 Å². The minimum atomic E-state index is -0.281. The average Bonchev–Trinajstić information content (AvgIpc) is 3.10. The van der Waals surface area contributed by atoms with E-state index in [1.807, 2.05) is 29.2 Å². The lowest BCUT2D eigenvalue weighted by atomic mass is 9.84. The number of benzene rings is 2. The van der Waals surface area contributed by atoms with Crippen LogP contribution in [0.3, 0.4) is 0 Å². The molecule has 1 aliphatic heterocycles. The summed E-state index contributed by atoms with van der Waals surface area (Å²) in [6.45, 7) is 0.912. The minimum Gasteiger partial charge on any atom is -0.390 e. The van der Waals surface area contributed by atoms with Crippen molar-refractivity contribution in [3.63, 3.8) is 0 Å². The summed E-state index contributed by atoms with van der Waals surface area (Å²) < 4.78 is 13.1. The highest BCUT2D eigenvalue weighted by molar-refractivity contribution is 6.31. The quantitative estimate of drug-likeness (QED) is 0.698. The first-order chi connectivity index (χ1) is 13.6. The van der Waals surface area contributed by atoms with Crippen molar-refractivity contribution >= 4 is 23.2 Å². The van der Waals surface area contributed by atoms with Gasteiger partial charge in [-0.15, -0.1) is 0 Å². The van der Waals surface area contributed by atoms with Gasteiger partial charge < -0.3 is 9.74 Å². The Morgan fingerprint density at radius 1 is 1.18 bits per heavy atom. The topological polar surface area (TPSA) is 41.9 Å². The number of carbonyl (C=O) groups is 1. The van der Waals surface area contributed by atoms with E-state index in [1.165, 1.54) is 12.1 Å². The molecule has 1 saturated carbocycles. The Hall–Kier alpha value is -2.40. The number of carbonyl (C=O) groups excluding carboxylic acids is 1. The van der Waals surface area contributed by atoms with Crippen molar-refractivity contribution in [2.75, 3.05) is 6.54 Å². The molecule has 2 aliphatic rings. The minimum absolute atomic E-state index is 0.0985. The number of oxime groups is 1. The molecular formula is C22H22ClFN2O2. The van der Waals surface area contributed by atoms with Gasteiger partial charge in [0.25, 0.3) is 0 Å². The van der Waals surface area contributed by atoms with Gasteiger partial charge in [0, 0.05) is 23.9 Å². The predicted molar refractivity (Wildman–Crippen MR) is 107 cm³/mol. The molecule has 1 amide bonds.